The Morgan fingerprint density at radius 1 is 1.35 bits per heavy atom. The van der Waals surface area contributed by atoms with E-state index in [1.165, 1.54) is 6.20 Å². The van der Waals surface area contributed by atoms with E-state index in [-0.39, 0.29) is 5.91 Å². The number of nitrogens with zero attached hydrogens (tertiary/aromatic N) is 1. The van der Waals surface area contributed by atoms with Crippen LogP contribution in [0.3, 0.4) is 0 Å². The van der Waals surface area contributed by atoms with E-state index in [9.17, 15) is 4.79 Å². The molecule has 3 aromatic rings. The molecule has 0 radical (unpaired) electrons. The fourth-order valence-corrected chi connectivity index (χ4v) is 2.41. The average molecular weight is 351 g/mol. The van der Waals surface area contributed by atoms with Crippen molar-refractivity contribution in [2.75, 3.05) is 5.32 Å². The number of fused-ring (bicyclic) bond motifs is 1. The largest absolute Gasteiger partial charge is 0.361 e. The molecule has 0 saturated heterocycles. The second kappa shape index (κ2) is 5.26. The van der Waals surface area contributed by atoms with Crippen molar-refractivity contribution in [2.24, 2.45) is 0 Å². The molecule has 1 aromatic carbocycles. The lowest BCUT2D eigenvalue weighted by molar-refractivity contribution is 0.102. The lowest BCUT2D eigenvalue weighted by Crippen LogP contribution is -2.12. The van der Waals surface area contributed by atoms with Crippen LogP contribution < -0.4 is 5.32 Å². The SMILES string of the molecule is O=C(Nc1cnc(Cl)c(Br)c1)c1cccc2cc[nH]c12. The Kier molecular flexibility index (Phi) is 3.46. The van der Waals surface area contributed by atoms with Gasteiger partial charge in [0, 0.05) is 11.6 Å². The highest BCUT2D eigenvalue weighted by atomic mass is 79.9. The summed E-state index contributed by atoms with van der Waals surface area (Å²) in [7, 11) is 0. The maximum atomic E-state index is 12.3. The van der Waals surface area contributed by atoms with E-state index in [1.54, 1.807) is 12.1 Å². The summed E-state index contributed by atoms with van der Waals surface area (Å²) >= 11 is 9.10. The van der Waals surface area contributed by atoms with Crippen molar-refractivity contribution in [3.8, 4) is 0 Å². The van der Waals surface area contributed by atoms with Gasteiger partial charge in [0.05, 0.1) is 27.4 Å². The molecule has 0 unspecified atom stereocenters. The fraction of sp³-hybridized carbons (Fsp3) is 0. The number of carbonyl (C=O) groups excluding carboxylic acids is 1. The monoisotopic (exact) mass is 349 g/mol. The van der Waals surface area contributed by atoms with E-state index in [4.69, 9.17) is 11.6 Å². The minimum absolute atomic E-state index is 0.200. The van der Waals surface area contributed by atoms with Crippen molar-refractivity contribution in [1.29, 1.82) is 0 Å². The van der Waals surface area contributed by atoms with Crippen LogP contribution in [0.1, 0.15) is 10.4 Å². The minimum atomic E-state index is -0.200. The molecule has 0 atom stereocenters. The molecule has 0 bridgehead atoms. The van der Waals surface area contributed by atoms with Crippen LogP contribution in [-0.2, 0) is 0 Å². The molecule has 20 heavy (non-hydrogen) atoms. The van der Waals surface area contributed by atoms with Crippen LogP contribution in [0.4, 0.5) is 5.69 Å². The number of H-pyrrole nitrogens is 1. The molecule has 3 rings (SSSR count). The summed E-state index contributed by atoms with van der Waals surface area (Å²) in [6.07, 6.45) is 3.32. The number of aromatic nitrogens is 2. The number of aromatic amines is 1. The van der Waals surface area contributed by atoms with Gasteiger partial charge < -0.3 is 10.3 Å². The number of hydrogen-bond acceptors (Lipinski definition) is 2. The standard InChI is InChI=1S/C14H9BrClN3O/c15-11-6-9(7-18-13(11)16)19-14(20)10-3-1-2-8-4-5-17-12(8)10/h1-7,17H,(H,19,20). The molecular formula is C14H9BrClN3O. The lowest BCUT2D eigenvalue weighted by Gasteiger charge is -2.07. The zero-order chi connectivity index (χ0) is 14.1. The summed E-state index contributed by atoms with van der Waals surface area (Å²) in [5.74, 6) is -0.200. The first kappa shape index (κ1) is 13.1. The third-order valence-electron chi connectivity index (χ3n) is 2.89. The molecule has 100 valence electrons. The molecule has 2 aromatic heterocycles. The van der Waals surface area contributed by atoms with Crippen LogP contribution in [-0.4, -0.2) is 15.9 Å². The number of halogens is 2. The highest BCUT2D eigenvalue weighted by molar-refractivity contribution is 9.10. The highest BCUT2D eigenvalue weighted by Gasteiger charge is 2.11. The van der Waals surface area contributed by atoms with Crippen molar-refractivity contribution in [3.63, 3.8) is 0 Å². The number of anilines is 1. The van der Waals surface area contributed by atoms with Crippen LogP contribution in [0.5, 0.6) is 0 Å². The van der Waals surface area contributed by atoms with Gasteiger partial charge in [0.1, 0.15) is 5.15 Å². The minimum Gasteiger partial charge on any atom is -0.361 e. The van der Waals surface area contributed by atoms with E-state index in [0.29, 0.717) is 20.9 Å². The highest BCUT2D eigenvalue weighted by Crippen LogP contribution is 2.24. The zero-order valence-corrected chi connectivity index (χ0v) is 12.5. The maximum absolute atomic E-state index is 12.3. The summed E-state index contributed by atoms with van der Waals surface area (Å²) in [6.45, 7) is 0. The third-order valence-corrected chi connectivity index (χ3v) is 4.02. The first-order chi connectivity index (χ1) is 9.65. The smallest absolute Gasteiger partial charge is 0.257 e. The van der Waals surface area contributed by atoms with E-state index in [0.717, 1.165) is 10.9 Å². The lowest BCUT2D eigenvalue weighted by atomic mass is 10.1. The quantitative estimate of drug-likeness (QED) is 0.679. The molecule has 0 aliphatic carbocycles. The Balaban J connectivity index is 1.93. The van der Waals surface area contributed by atoms with Gasteiger partial charge in [-0.1, -0.05) is 23.7 Å². The molecule has 0 aliphatic rings. The van der Waals surface area contributed by atoms with Gasteiger partial charge >= 0.3 is 0 Å². The Hall–Kier alpha value is -1.85. The van der Waals surface area contributed by atoms with Gasteiger partial charge in [-0.2, -0.15) is 0 Å². The summed E-state index contributed by atoms with van der Waals surface area (Å²) in [4.78, 5) is 19.4. The van der Waals surface area contributed by atoms with Gasteiger partial charge in [0.15, 0.2) is 0 Å². The van der Waals surface area contributed by atoms with Crippen LogP contribution >= 0.6 is 27.5 Å². The molecule has 0 spiro atoms. The van der Waals surface area contributed by atoms with Gasteiger partial charge in [0.25, 0.3) is 5.91 Å². The molecule has 2 heterocycles. The van der Waals surface area contributed by atoms with E-state index in [1.807, 2.05) is 24.4 Å². The van der Waals surface area contributed by atoms with E-state index >= 15 is 0 Å². The van der Waals surface area contributed by atoms with Gasteiger partial charge in [-0.3, -0.25) is 4.79 Å². The summed E-state index contributed by atoms with van der Waals surface area (Å²) in [5, 5.41) is 4.15. The summed E-state index contributed by atoms with van der Waals surface area (Å²) in [6, 6.07) is 9.20. The summed E-state index contributed by atoms with van der Waals surface area (Å²) in [5.41, 5.74) is 1.97. The zero-order valence-electron chi connectivity index (χ0n) is 10.2. The molecule has 0 aliphatic heterocycles. The number of benzene rings is 1. The van der Waals surface area contributed by atoms with Crippen molar-refractivity contribution >= 4 is 50.0 Å². The molecule has 0 fully saturated rings. The average Bonchev–Trinajstić information content (AvgIpc) is 2.91. The molecule has 0 saturated carbocycles. The Morgan fingerprint density at radius 2 is 2.20 bits per heavy atom. The molecule has 6 heteroatoms. The number of para-hydroxylation sites is 1. The number of pyridine rings is 1. The number of hydrogen-bond donors (Lipinski definition) is 2. The second-order valence-corrected chi connectivity index (χ2v) is 5.41. The Morgan fingerprint density at radius 3 is 3.00 bits per heavy atom. The van der Waals surface area contributed by atoms with Crippen molar-refractivity contribution in [3.05, 3.63) is 57.9 Å². The predicted octanol–water partition coefficient (Wildman–Crippen LogP) is 4.23. The van der Waals surface area contributed by atoms with Gasteiger partial charge in [-0.15, -0.1) is 0 Å². The number of amides is 1. The first-order valence-electron chi connectivity index (χ1n) is 5.83. The van der Waals surface area contributed by atoms with Crippen molar-refractivity contribution in [1.82, 2.24) is 9.97 Å². The first-order valence-corrected chi connectivity index (χ1v) is 7.01. The molecular weight excluding hydrogens is 342 g/mol. The Bertz CT molecular complexity index is 800. The third kappa shape index (κ3) is 2.42. The van der Waals surface area contributed by atoms with Crippen LogP contribution in [0.2, 0.25) is 5.15 Å². The van der Waals surface area contributed by atoms with Crippen LogP contribution in [0.15, 0.2) is 47.2 Å². The van der Waals surface area contributed by atoms with Gasteiger partial charge in [0.2, 0.25) is 0 Å². The normalized spacial score (nSPS) is 10.7. The second-order valence-electron chi connectivity index (χ2n) is 4.20. The fourth-order valence-electron chi connectivity index (χ4n) is 1.96. The van der Waals surface area contributed by atoms with Crippen LogP contribution in [0.25, 0.3) is 10.9 Å². The van der Waals surface area contributed by atoms with Crippen LogP contribution in [0, 0.1) is 0 Å². The van der Waals surface area contributed by atoms with Crippen molar-refractivity contribution < 1.29 is 4.79 Å². The molecule has 1 amide bonds. The topological polar surface area (TPSA) is 57.8 Å². The number of rotatable bonds is 2. The summed E-state index contributed by atoms with van der Waals surface area (Å²) < 4.78 is 0.634. The van der Waals surface area contributed by atoms with Gasteiger partial charge in [-0.25, -0.2) is 4.98 Å². The van der Waals surface area contributed by atoms with Crippen molar-refractivity contribution in [2.45, 2.75) is 0 Å². The number of nitrogens with one attached hydrogen (secondary N) is 2. The van der Waals surface area contributed by atoms with E-state index in [2.05, 4.69) is 31.2 Å². The maximum Gasteiger partial charge on any atom is 0.257 e. The predicted molar refractivity (Wildman–Crippen MR) is 83.2 cm³/mol. The Labute approximate surface area is 128 Å². The van der Waals surface area contributed by atoms with E-state index < -0.39 is 0 Å². The van der Waals surface area contributed by atoms with Gasteiger partial charge in [-0.05, 0) is 34.1 Å². The molecule has 4 nitrogen and oxygen atoms in total. The molecule has 2 N–H and O–H groups in total. The number of carbonyl (C=O) groups is 1.